The molecule has 6 heteroatoms. The van der Waals surface area contributed by atoms with Crippen LogP contribution in [0.5, 0.6) is 5.75 Å². The average Bonchev–Trinajstić information content (AvgIpc) is 3.25. The third-order valence-electron chi connectivity index (χ3n) is 4.32. The SMILES string of the molecule is C[C@H]1Cc2cc(-c3cc(CC(=O)NCc4ccncc4)no3)ccc2O1. The third-order valence-corrected chi connectivity index (χ3v) is 4.32. The number of carbonyl (C=O) groups is 1. The minimum Gasteiger partial charge on any atom is -0.490 e. The molecule has 1 aliphatic heterocycles. The zero-order valence-corrected chi connectivity index (χ0v) is 14.4. The topological polar surface area (TPSA) is 77.3 Å². The monoisotopic (exact) mass is 349 g/mol. The smallest absolute Gasteiger partial charge is 0.226 e. The number of hydrogen-bond acceptors (Lipinski definition) is 5. The van der Waals surface area contributed by atoms with Crippen LogP contribution in [0.2, 0.25) is 0 Å². The molecule has 1 aromatic carbocycles. The van der Waals surface area contributed by atoms with Gasteiger partial charge in [-0.25, -0.2) is 0 Å². The van der Waals surface area contributed by atoms with E-state index in [2.05, 4.69) is 28.4 Å². The van der Waals surface area contributed by atoms with E-state index < -0.39 is 0 Å². The molecule has 0 bridgehead atoms. The number of fused-ring (bicyclic) bond motifs is 1. The molecule has 0 saturated heterocycles. The van der Waals surface area contributed by atoms with Crippen molar-refractivity contribution >= 4 is 5.91 Å². The molecular weight excluding hydrogens is 330 g/mol. The standard InChI is InChI=1S/C20H19N3O3/c1-13-8-16-9-15(2-3-18(16)25-13)19-10-17(23-26-19)11-20(24)22-12-14-4-6-21-7-5-14/h2-7,9-10,13H,8,11-12H2,1H3,(H,22,24)/t13-/m0/s1. The van der Waals surface area contributed by atoms with Crippen LogP contribution in [0.15, 0.2) is 53.3 Å². The van der Waals surface area contributed by atoms with Crippen molar-refractivity contribution in [2.24, 2.45) is 0 Å². The van der Waals surface area contributed by atoms with Crippen LogP contribution in [0.3, 0.4) is 0 Å². The number of benzene rings is 1. The largest absolute Gasteiger partial charge is 0.490 e. The van der Waals surface area contributed by atoms with Crippen molar-refractivity contribution in [3.63, 3.8) is 0 Å². The molecule has 0 unspecified atom stereocenters. The number of aromatic nitrogens is 2. The van der Waals surface area contributed by atoms with E-state index in [4.69, 9.17) is 9.26 Å². The van der Waals surface area contributed by atoms with Crippen molar-refractivity contribution in [1.82, 2.24) is 15.5 Å². The van der Waals surface area contributed by atoms with Gasteiger partial charge < -0.3 is 14.6 Å². The number of rotatable bonds is 5. The normalized spacial score (nSPS) is 15.3. The molecule has 1 aliphatic rings. The van der Waals surface area contributed by atoms with Crippen LogP contribution in [0.1, 0.15) is 23.7 Å². The Morgan fingerprint density at radius 3 is 2.92 bits per heavy atom. The van der Waals surface area contributed by atoms with Gasteiger partial charge in [0.2, 0.25) is 5.91 Å². The first-order chi connectivity index (χ1) is 12.7. The molecule has 0 spiro atoms. The van der Waals surface area contributed by atoms with Crippen molar-refractivity contribution < 1.29 is 14.1 Å². The highest BCUT2D eigenvalue weighted by molar-refractivity contribution is 5.78. The van der Waals surface area contributed by atoms with Gasteiger partial charge in [-0.05, 0) is 48.4 Å². The van der Waals surface area contributed by atoms with E-state index in [0.29, 0.717) is 18.0 Å². The molecular formula is C20H19N3O3. The molecule has 0 fully saturated rings. The Morgan fingerprint density at radius 2 is 2.08 bits per heavy atom. The maximum Gasteiger partial charge on any atom is 0.226 e. The Balaban J connectivity index is 1.39. The summed E-state index contributed by atoms with van der Waals surface area (Å²) in [7, 11) is 0. The van der Waals surface area contributed by atoms with Crippen LogP contribution in [0, 0.1) is 0 Å². The van der Waals surface area contributed by atoms with Crippen molar-refractivity contribution in [2.45, 2.75) is 32.4 Å². The summed E-state index contributed by atoms with van der Waals surface area (Å²) in [6.07, 6.45) is 4.68. The lowest BCUT2D eigenvalue weighted by atomic mass is 10.1. The summed E-state index contributed by atoms with van der Waals surface area (Å²) in [4.78, 5) is 16.1. The highest BCUT2D eigenvalue weighted by Gasteiger charge is 2.20. The van der Waals surface area contributed by atoms with Crippen LogP contribution in [0.25, 0.3) is 11.3 Å². The lowest BCUT2D eigenvalue weighted by Gasteiger charge is -2.03. The van der Waals surface area contributed by atoms with Crippen LogP contribution in [0.4, 0.5) is 0 Å². The van der Waals surface area contributed by atoms with Gasteiger partial charge >= 0.3 is 0 Å². The summed E-state index contributed by atoms with van der Waals surface area (Å²) in [6.45, 7) is 2.52. The first-order valence-electron chi connectivity index (χ1n) is 8.58. The zero-order chi connectivity index (χ0) is 17.9. The molecule has 2 aromatic heterocycles. The maximum atomic E-state index is 12.1. The Labute approximate surface area is 151 Å². The summed E-state index contributed by atoms with van der Waals surface area (Å²) >= 11 is 0. The maximum absolute atomic E-state index is 12.1. The Kier molecular flexibility index (Phi) is 4.39. The lowest BCUT2D eigenvalue weighted by molar-refractivity contribution is -0.120. The number of pyridine rings is 1. The average molecular weight is 349 g/mol. The molecule has 0 radical (unpaired) electrons. The number of ether oxygens (including phenoxy) is 1. The molecule has 132 valence electrons. The number of nitrogens with one attached hydrogen (secondary N) is 1. The van der Waals surface area contributed by atoms with Gasteiger partial charge in [0.1, 0.15) is 11.9 Å². The van der Waals surface area contributed by atoms with E-state index in [1.165, 1.54) is 5.56 Å². The van der Waals surface area contributed by atoms with Gasteiger partial charge in [-0.1, -0.05) is 5.16 Å². The Morgan fingerprint density at radius 1 is 1.23 bits per heavy atom. The van der Waals surface area contributed by atoms with Crippen molar-refractivity contribution in [3.05, 3.63) is 65.6 Å². The fraction of sp³-hybridized carbons (Fsp3) is 0.250. The second kappa shape index (κ2) is 7.00. The molecule has 6 nitrogen and oxygen atoms in total. The fourth-order valence-corrected chi connectivity index (χ4v) is 3.03. The predicted octanol–water partition coefficient (Wildman–Crippen LogP) is 2.92. The van der Waals surface area contributed by atoms with E-state index in [1.54, 1.807) is 12.4 Å². The number of nitrogens with zero attached hydrogens (tertiary/aromatic N) is 2. The van der Waals surface area contributed by atoms with Crippen molar-refractivity contribution in [1.29, 1.82) is 0 Å². The van der Waals surface area contributed by atoms with Crippen molar-refractivity contribution in [3.8, 4) is 17.1 Å². The van der Waals surface area contributed by atoms with E-state index in [-0.39, 0.29) is 18.4 Å². The highest BCUT2D eigenvalue weighted by atomic mass is 16.5. The second-order valence-electron chi connectivity index (χ2n) is 6.45. The minimum absolute atomic E-state index is 0.0992. The first-order valence-corrected chi connectivity index (χ1v) is 8.58. The molecule has 0 saturated carbocycles. The summed E-state index contributed by atoms with van der Waals surface area (Å²) in [5.41, 5.74) is 3.72. The lowest BCUT2D eigenvalue weighted by Crippen LogP contribution is -2.24. The van der Waals surface area contributed by atoms with Gasteiger partial charge in [-0.15, -0.1) is 0 Å². The Hall–Kier alpha value is -3.15. The number of amides is 1. The molecule has 3 aromatic rings. The van der Waals surface area contributed by atoms with E-state index in [0.717, 1.165) is 23.3 Å². The van der Waals surface area contributed by atoms with Gasteiger partial charge in [0.05, 0.1) is 12.1 Å². The van der Waals surface area contributed by atoms with Crippen LogP contribution in [-0.4, -0.2) is 22.2 Å². The molecule has 1 amide bonds. The van der Waals surface area contributed by atoms with Crippen LogP contribution in [-0.2, 0) is 24.2 Å². The molecule has 26 heavy (non-hydrogen) atoms. The van der Waals surface area contributed by atoms with E-state index in [9.17, 15) is 4.79 Å². The second-order valence-corrected chi connectivity index (χ2v) is 6.45. The summed E-state index contributed by atoms with van der Waals surface area (Å²) in [6, 6.07) is 11.5. The van der Waals surface area contributed by atoms with E-state index in [1.807, 2.05) is 30.3 Å². The molecule has 0 aliphatic carbocycles. The zero-order valence-electron chi connectivity index (χ0n) is 14.4. The summed E-state index contributed by atoms with van der Waals surface area (Å²) in [5, 5.41) is 6.89. The summed E-state index contributed by atoms with van der Waals surface area (Å²) in [5.74, 6) is 1.48. The van der Waals surface area contributed by atoms with Crippen LogP contribution >= 0.6 is 0 Å². The van der Waals surface area contributed by atoms with Crippen molar-refractivity contribution in [2.75, 3.05) is 0 Å². The van der Waals surface area contributed by atoms with E-state index >= 15 is 0 Å². The molecule has 4 rings (SSSR count). The molecule has 1 N–H and O–H groups in total. The van der Waals surface area contributed by atoms with Gasteiger partial charge in [0.15, 0.2) is 5.76 Å². The highest BCUT2D eigenvalue weighted by Crippen LogP contribution is 2.33. The van der Waals surface area contributed by atoms with Gasteiger partial charge in [0, 0.05) is 37.0 Å². The van der Waals surface area contributed by atoms with Gasteiger partial charge in [0.25, 0.3) is 0 Å². The Bertz CT molecular complexity index is 921. The number of carbonyl (C=O) groups excluding carboxylic acids is 1. The quantitative estimate of drug-likeness (QED) is 0.766. The number of hydrogen-bond donors (Lipinski definition) is 1. The first kappa shape index (κ1) is 16.3. The third kappa shape index (κ3) is 3.59. The molecule has 1 atom stereocenters. The fourth-order valence-electron chi connectivity index (χ4n) is 3.03. The summed E-state index contributed by atoms with van der Waals surface area (Å²) < 4.78 is 11.1. The molecule has 3 heterocycles. The predicted molar refractivity (Wildman–Crippen MR) is 95.5 cm³/mol. The minimum atomic E-state index is -0.0992. The van der Waals surface area contributed by atoms with Gasteiger partial charge in [-0.2, -0.15) is 0 Å². The van der Waals surface area contributed by atoms with Gasteiger partial charge in [-0.3, -0.25) is 9.78 Å². The van der Waals surface area contributed by atoms with Crippen LogP contribution < -0.4 is 10.1 Å².